The van der Waals surface area contributed by atoms with Gasteiger partial charge >= 0.3 is 0 Å². The third-order valence-corrected chi connectivity index (χ3v) is 13.1. The van der Waals surface area contributed by atoms with E-state index in [4.69, 9.17) is 9.51 Å². The van der Waals surface area contributed by atoms with Crippen LogP contribution in [0.1, 0.15) is 105 Å². The maximum atomic E-state index is 14.6. The molecule has 7 heteroatoms. The fraction of sp³-hybridized carbons (Fsp3) is 0.735. The van der Waals surface area contributed by atoms with Gasteiger partial charge in [-0.15, -0.1) is 0 Å². The first kappa shape index (κ1) is 28.5. The number of nitrogens with zero attached hydrogens (tertiary/aromatic N) is 3. The molecule has 1 aromatic rings. The van der Waals surface area contributed by atoms with Gasteiger partial charge in [0.15, 0.2) is 17.4 Å². The van der Waals surface area contributed by atoms with E-state index in [1.54, 1.807) is 0 Å². The smallest absolute Gasteiger partial charge is 0.233 e. The van der Waals surface area contributed by atoms with Gasteiger partial charge in [-0.1, -0.05) is 65.3 Å². The van der Waals surface area contributed by atoms with Gasteiger partial charge in [0.05, 0.1) is 17.6 Å². The van der Waals surface area contributed by atoms with Crippen molar-refractivity contribution in [3.8, 4) is 6.07 Å². The van der Waals surface area contributed by atoms with E-state index in [2.05, 4.69) is 45.8 Å². The zero-order valence-corrected chi connectivity index (χ0v) is 25.8. The van der Waals surface area contributed by atoms with Crippen molar-refractivity contribution in [3.63, 3.8) is 0 Å². The van der Waals surface area contributed by atoms with Crippen LogP contribution in [0.3, 0.4) is 0 Å². The van der Waals surface area contributed by atoms with Crippen molar-refractivity contribution >= 4 is 11.6 Å². The van der Waals surface area contributed by atoms with Crippen LogP contribution in [0.25, 0.3) is 0 Å². The van der Waals surface area contributed by atoms with Crippen molar-refractivity contribution in [3.05, 3.63) is 35.0 Å². The van der Waals surface area contributed by atoms with Gasteiger partial charge in [0, 0.05) is 23.2 Å². The molecule has 5 aliphatic carbocycles. The SMILES string of the molecule is CC1(C)CC[C@]2(c3nc(CCO)no3)CC[C@]3(C)[C@H](C(=O)C=C4[C@@]5(C)C=C(C#N)C(=O)C(C)(C)[C@@H]5CC[C@]43C)[C@@H]2C1. The molecule has 0 aliphatic heterocycles. The molecule has 3 fully saturated rings. The van der Waals surface area contributed by atoms with Crippen molar-refractivity contribution in [1.29, 1.82) is 5.26 Å². The third kappa shape index (κ3) is 3.58. The average molecular weight is 560 g/mol. The molecular weight excluding hydrogens is 514 g/mol. The van der Waals surface area contributed by atoms with Crippen molar-refractivity contribution in [2.45, 2.75) is 105 Å². The highest BCUT2D eigenvalue weighted by Gasteiger charge is 2.70. The lowest BCUT2D eigenvalue weighted by Crippen LogP contribution is -2.65. The van der Waals surface area contributed by atoms with Crippen molar-refractivity contribution in [1.82, 2.24) is 10.1 Å². The van der Waals surface area contributed by atoms with Gasteiger partial charge in [0.25, 0.3) is 0 Å². The summed E-state index contributed by atoms with van der Waals surface area (Å²) in [4.78, 5) is 32.7. The second-order valence-corrected chi connectivity index (χ2v) is 15.9. The number of carbonyl (C=O) groups excluding carboxylic acids is 2. The van der Waals surface area contributed by atoms with Crippen LogP contribution in [-0.2, 0) is 21.4 Å². The molecule has 0 bridgehead atoms. The van der Waals surface area contributed by atoms with Gasteiger partial charge in [-0.3, -0.25) is 9.59 Å². The molecule has 220 valence electrons. The van der Waals surface area contributed by atoms with Crippen molar-refractivity contribution < 1.29 is 19.2 Å². The van der Waals surface area contributed by atoms with E-state index < -0.39 is 10.8 Å². The molecule has 0 amide bonds. The molecule has 41 heavy (non-hydrogen) atoms. The molecule has 5 aliphatic rings. The van der Waals surface area contributed by atoms with E-state index in [9.17, 15) is 20.0 Å². The lowest BCUT2D eigenvalue weighted by Gasteiger charge is -2.68. The molecule has 7 atom stereocenters. The van der Waals surface area contributed by atoms with Crippen molar-refractivity contribution in [2.75, 3.05) is 6.61 Å². The molecule has 6 rings (SSSR count). The third-order valence-electron chi connectivity index (χ3n) is 13.1. The first-order chi connectivity index (χ1) is 19.1. The number of nitriles is 1. The van der Waals surface area contributed by atoms with E-state index in [-0.39, 0.29) is 63.2 Å². The van der Waals surface area contributed by atoms with Crippen molar-refractivity contribution in [2.24, 2.45) is 44.8 Å². The Bertz CT molecular complexity index is 1430. The number of carbonyl (C=O) groups is 2. The van der Waals surface area contributed by atoms with Crippen LogP contribution in [0.5, 0.6) is 0 Å². The molecule has 1 heterocycles. The first-order valence-electron chi connectivity index (χ1n) is 15.5. The van der Waals surface area contributed by atoms with Crippen LogP contribution in [0.15, 0.2) is 27.8 Å². The second-order valence-electron chi connectivity index (χ2n) is 15.9. The van der Waals surface area contributed by atoms with Gasteiger partial charge in [-0.25, -0.2) is 0 Å². The van der Waals surface area contributed by atoms with E-state index in [1.807, 2.05) is 26.0 Å². The van der Waals surface area contributed by atoms with Gasteiger partial charge in [0.2, 0.25) is 5.89 Å². The number of hydrogen-bond donors (Lipinski definition) is 1. The van der Waals surface area contributed by atoms with E-state index in [0.717, 1.165) is 50.5 Å². The fourth-order valence-corrected chi connectivity index (χ4v) is 10.7. The Morgan fingerprint density at radius 3 is 2.44 bits per heavy atom. The molecule has 0 unspecified atom stereocenters. The number of ketones is 2. The molecule has 0 aromatic carbocycles. The standard InChI is InChI=1S/C34H45N3O4/c1-29(2)11-13-34(28-36-25(9-15-38)37-41-28)14-12-33(7)26(21(34)18-29)22(39)16-24-31(5)17-20(19-35)27(40)30(3,4)23(31)8-10-32(24,33)6/h16-17,21,23,26,38H,8-15,18H2,1-7H3/t21-,23-,26-,31-,32+,33+,34-/m0/s1. The number of aliphatic hydroxyl groups excluding tert-OH is 1. The van der Waals surface area contributed by atoms with Gasteiger partial charge in [-0.05, 0) is 79.1 Å². The lowest BCUT2D eigenvalue weighted by atomic mass is 9.34. The highest BCUT2D eigenvalue weighted by Crippen LogP contribution is 2.74. The minimum atomic E-state index is -0.670. The van der Waals surface area contributed by atoms with Gasteiger partial charge in [0.1, 0.15) is 6.07 Å². The maximum Gasteiger partial charge on any atom is 0.233 e. The highest BCUT2D eigenvalue weighted by molar-refractivity contribution is 6.04. The summed E-state index contributed by atoms with van der Waals surface area (Å²) in [6.07, 6.45) is 10.6. The molecule has 3 saturated carbocycles. The monoisotopic (exact) mass is 559 g/mol. The number of rotatable bonds is 3. The van der Waals surface area contributed by atoms with Crippen LogP contribution < -0.4 is 0 Å². The summed E-state index contributed by atoms with van der Waals surface area (Å²) in [5, 5.41) is 23.6. The largest absolute Gasteiger partial charge is 0.396 e. The summed E-state index contributed by atoms with van der Waals surface area (Å²) in [5.41, 5.74) is -0.672. The Balaban J connectivity index is 1.51. The van der Waals surface area contributed by atoms with Gasteiger partial charge in [-0.2, -0.15) is 10.2 Å². The maximum absolute atomic E-state index is 14.6. The Labute approximate surface area is 243 Å². The topological polar surface area (TPSA) is 117 Å². The Morgan fingerprint density at radius 1 is 1.05 bits per heavy atom. The first-order valence-corrected chi connectivity index (χ1v) is 15.5. The predicted molar refractivity (Wildman–Crippen MR) is 153 cm³/mol. The van der Waals surface area contributed by atoms with Crippen LogP contribution in [0.2, 0.25) is 0 Å². The number of Topliss-reactive ketones (excluding diaryl/α,β-unsaturated/α-hetero) is 1. The fourth-order valence-electron chi connectivity index (χ4n) is 10.7. The summed E-state index contributed by atoms with van der Waals surface area (Å²) in [7, 11) is 0. The molecule has 0 spiro atoms. The highest BCUT2D eigenvalue weighted by atomic mass is 16.5. The van der Waals surface area contributed by atoms with Crippen LogP contribution in [0, 0.1) is 56.2 Å². The second kappa shape index (κ2) is 8.72. The summed E-state index contributed by atoms with van der Waals surface area (Å²) < 4.78 is 5.94. The molecule has 0 radical (unpaired) electrons. The van der Waals surface area contributed by atoms with Crippen LogP contribution in [0.4, 0.5) is 0 Å². The zero-order valence-electron chi connectivity index (χ0n) is 25.8. The van der Waals surface area contributed by atoms with E-state index in [1.165, 1.54) is 0 Å². The Morgan fingerprint density at radius 2 is 1.76 bits per heavy atom. The quantitative estimate of drug-likeness (QED) is 0.477. The number of hydrogen-bond acceptors (Lipinski definition) is 7. The number of aliphatic hydroxyl groups is 1. The predicted octanol–water partition coefficient (Wildman–Crippen LogP) is 6.08. The normalized spacial score (nSPS) is 42.6. The molecule has 0 saturated heterocycles. The summed E-state index contributed by atoms with van der Waals surface area (Å²) >= 11 is 0. The molecule has 1 N–H and O–H groups in total. The summed E-state index contributed by atoms with van der Waals surface area (Å²) in [6, 6.07) is 2.19. The number of aromatic nitrogens is 2. The van der Waals surface area contributed by atoms with E-state index >= 15 is 0 Å². The van der Waals surface area contributed by atoms with Gasteiger partial charge < -0.3 is 9.63 Å². The van der Waals surface area contributed by atoms with E-state index in [0.29, 0.717) is 18.1 Å². The average Bonchev–Trinajstić information content (AvgIpc) is 3.37. The summed E-state index contributed by atoms with van der Waals surface area (Å²) in [5.74, 6) is 1.17. The minimum Gasteiger partial charge on any atom is -0.396 e. The number of allylic oxidation sites excluding steroid dienone is 4. The Hall–Kier alpha value is -2.59. The molecular formula is C34H45N3O4. The lowest BCUT2D eigenvalue weighted by molar-refractivity contribution is -0.161. The number of fused-ring (bicyclic) bond motifs is 7. The van der Waals surface area contributed by atoms with Crippen LogP contribution in [-0.4, -0.2) is 33.4 Å². The minimum absolute atomic E-state index is 0.0301. The Kier molecular flexibility index (Phi) is 6.07. The molecule has 1 aromatic heterocycles. The molecule has 7 nitrogen and oxygen atoms in total. The summed E-state index contributed by atoms with van der Waals surface area (Å²) in [6.45, 7) is 15.4. The zero-order chi connectivity index (χ0) is 29.8. The van der Waals surface area contributed by atoms with Crippen LogP contribution >= 0.6 is 0 Å².